The molecular formula is C17H20BrFN2. The first-order valence-electron chi connectivity index (χ1n) is 7.07. The summed E-state index contributed by atoms with van der Waals surface area (Å²) in [5.41, 5.74) is 2.76. The fraction of sp³-hybridized carbons (Fsp3) is 0.294. The number of anilines is 2. The maximum atomic E-state index is 14.1. The van der Waals surface area contributed by atoms with Crippen molar-refractivity contribution in [1.29, 1.82) is 0 Å². The average molecular weight is 351 g/mol. The maximum absolute atomic E-state index is 14.1. The number of halogens is 2. The lowest BCUT2D eigenvalue weighted by molar-refractivity contribution is 0.623. The van der Waals surface area contributed by atoms with E-state index < -0.39 is 0 Å². The van der Waals surface area contributed by atoms with Gasteiger partial charge in [-0.05, 0) is 56.8 Å². The van der Waals surface area contributed by atoms with Crippen LogP contribution < -0.4 is 10.2 Å². The second kappa shape index (κ2) is 7.05. The molecule has 0 aliphatic heterocycles. The van der Waals surface area contributed by atoms with Crippen molar-refractivity contribution in [1.82, 2.24) is 5.32 Å². The Labute approximate surface area is 134 Å². The predicted octanol–water partition coefficient (Wildman–Crippen LogP) is 5.03. The second-order valence-electron chi connectivity index (χ2n) is 4.91. The Bertz CT molecular complexity index is 615. The van der Waals surface area contributed by atoms with E-state index >= 15 is 0 Å². The number of benzene rings is 2. The van der Waals surface area contributed by atoms with Crippen LogP contribution in [-0.2, 0) is 0 Å². The van der Waals surface area contributed by atoms with Crippen LogP contribution in [0.5, 0.6) is 0 Å². The molecule has 2 nitrogen and oxygen atoms in total. The van der Waals surface area contributed by atoms with Crippen molar-refractivity contribution >= 4 is 27.3 Å². The minimum Gasteiger partial charge on any atom is -0.339 e. The van der Waals surface area contributed by atoms with Crippen LogP contribution in [0.1, 0.15) is 25.5 Å². The van der Waals surface area contributed by atoms with Crippen molar-refractivity contribution in [3.63, 3.8) is 0 Å². The molecule has 0 fully saturated rings. The number of nitrogens with zero attached hydrogens (tertiary/aromatic N) is 1. The van der Waals surface area contributed by atoms with Crippen molar-refractivity contribution in [2.75, 3.05) is 18.5 Å². The molecule has 2 rings (SSSR count). The summed E-state index contributed by atoms with van der Waals surface area (Å²) in [5, 5.41) is 3.25. The molecule has 0 aliphatic carbocycles. The fourth-order valence-corrected chi connectivity index (χ4v) is 2.79. The molecule has 2 aromatic rings. The molecule has 0 heterocycles. The third-order valence-electron chi connectivity index (χ3n) is 3.64. The lowest BCUT2D eigenvalue weighted by atomic mass is 10.0. The Morgan fingerprint density at radius 2 is 1.90 bits per heavy atom. The highest BCUT2D eigenvalue weighted by Crippen LogP contribution is 2.34. The first-order valence-corrected chi connectivity index (χ1v) is 7.86. The highest BCUT2D eigenvalue weighted by atomic mass is 79.9. The lowest BCUT2D eigenvalue weighted by Crippen LogP contribution is -2.22. The summed E-state index contributed by atoms with van der Waals surface area (Å²) < 4.78 is 15.2. The minimum absolute atomic E-state index is 0.179. The first kappa shape index (κ1) is 16.0. The molecular weight excluding hydrogens is 331 g/mol. The second-order valence-corrected chi connectivity index (χ2v) is 5.82. The number of hydrogen-bond acceptors (Lipinski definition) is 2. The summed E-state index contributed by atoms with van der Waals surface area (Å²) >= 11 is 3.52. The van der Waals surface area contributed by atoms with Gasteiger partial charge in [0, 0.05) is 22.7 Å². The van der Waals surface area contributed by atoms with Gasteiger partial charge >= 0.3 is 0 Å². The van der Waals surface area contributed by atoms with E-state index in [2.05, 4.69) is 34.2 Å². The third kappa shape index (κ3) is 3.44. The van der Waals surface area contributed by atoms with Gasteiger partial charge < -0.3 is 10.2 Å². The number of rotatable bonds is 5. The van der Waals surface area contributed by atoms with Crippen molar-refractivity contribution < 1.29 is 4.39 Å². The summed E-state index contributed by atoms with van der Waals surface area (Å²) in [6, 6.07) is 13.2. The van der Waals surface area contributed by atoms with Crippen molar-refractivity contribution in [3.05, 3.63) is 58.3 Å². The van der Waals surface area contributed by atoms with E-state index in [9.17, 15) is 4.39 Å². The van der Waals surface area contributed by atoms with Gasteiger partial charge in [-0.1, -0.05) is 28.1 Å². The molecule has 0 radical (unpaired) electrons. The van der Waals surface area contributed by atoms with Crippen LogP contribution in [0, 0.1) is 5.82 Å². The van der Waals surface area contributed by atoms with E-state index in [-0.39, 0.29) is 11.9 Å². The van der Waals surface area contributed by atoms with Crippen molar-refractivity contribution in [2.24, 2.45) is 0 Å². The van der Waals surface area contributed by atoms with Crippen LogP contribution in [0.3, 0.4) is 0 Å². The topological polar surface area (TPSA) is 15.3 Å². The van der Waals surface area contributed by atoms with Crippen molar-refractivity contribution in [3.8, 4) is 0 Å². The molecule has 0 spiro atoms. The number of nitrogens with one attached hydrogen (secondary N) is 1. The molecule has 0 saturated carbocycles. The van der Waals surface area contributed by atoms with Gasteiger partial charge in [-0.25, -0.2) is 4.39 Å². The standard InChI is InChI=1S/C17H20BrFN2/c1-4-21(17-8-6-5-7-15(17)19)16-10-9-13(18)11-14(16)12(2)20-3/h5-12,20H,4H2,1-3H3. The molecule has 0 amide bonds. The molecule has 4 heteroatoms. The summed E-state index contributed by atoms with van der Waals surface area (Å²) in [4.78, 5) is 2.00. The predicted molar refractivity (Wildman–Crippen MR) is 90.7 cm³/mol. The van der Waals surface area contributed by atoms with Gasteiger partial charge in [-0.3, -0.25) is 0 Å². The smallest absolute Gasteiger partial charge is 0.146 e. The fourth-order valence-electron chi connectivity index (χ4n) is 2.41. The van der Waals surface area contributed by atoms with Crippen LogP contribution >= 0.6 is 15.9 Å². The number of hydrogen-bond donors (Lipinski definition) is 1. The summed E-state index contributed by atoms with van der Waals surface area (Å²) in [5.74, 6) is -0.203. The summed E-state index contributed by atoms with van der Waals surface area (Å²) in [6.07, 6.45) is 0. The third-order valence-corrected chi connectivity index (χ3v) is 4.13. The molecule has 1 N–H and O–H groups in total. The van der Waals surface area contributed by atoms with E-state index in [0.29, 0.717) is 12.2 Å². The van der Waals surface area contributed by atoms with E-state index in [0.717, 1.165) is 15.7 Å². The zero-order chi connectivity index (χ0) is 15.4. The van der Waals surface area contributed by atoms with E-state index in [1.807, 2.05) is 43.1 Å². The first-order chi connectivity index (χ1) is 10.1. The SMILES string of the molecule is CCN(c1ccccc1F)c1ccc(Br)cc1C(C)NC. The highest BCUT2D eigenvalue weighted by Gasteiger charge is 2.17. The Balaban J connectivity index is 2.55. The Hall–Kier alpha value is -1.39. The zero-order valence-corrected chi connectivity index (χ0v) is 14.1. The molecule has 1 unspecified atom stereocenters. The molecule has 0 bridgehead atoms. The van der Waals surface area contributed by atoms with Gasteiger partial charge in [0.1, 0.15) is 5.82 Å². The Morgan fingerprint density at radius 1 is 1.19 bits per heavy atom. The van der Waals surface area contributed by atoms with Crippen LogP contribution in [0.2, 0.25) is 0 Å². The van der Waals surface area contributed by atoms with Gasteiger partial charge in [-0.15, -0.1) is 0 Å². The van der Waals surface area contributed by atoms with Crippen LogP contribution in [0.25, 0.3) is 0 Å². The molecule has 0 aliphatic rings. The Kier molecular flexibility index (Phi) is 5.37. The Morgan fingerprint density at radius 3 is 2.52 bits per heavy atom. The summed E-state index contributed by atoms with van der Waals surface area (Å²) in [6.45, 7) is 4.83. The zero-order valence-electron chi connectivity index (χ0n) is 12.5. The minimum atomic E-state index is -0.203. The molecule has 0 saturated heterocycles. The molecule has 0 aromatic heterocycles. The van der Waals surface area contributed by atoms with Gasteiger partial charge in [0.25, 0.3) is 0 Å². The van der Waals surface area contributed by atoms with Gasteiger partial charge in [0.2, 0.25) is 0 Å². The van der Waals surface area contributed by atoms with Crippen LogP contribution in [0.4, 0.5) is 15.8 Å². The van der Waals surface area contributed by atoms with Gasteiger partial charge in [0.05, 0.1) is 5.69 Å². The average Bonchev–Trinajstić information content (AvgIpc) is 2.50. The van der Waals surface area contributed by atoms with Crippen LogP contribution in [0.15, 0.2) is 46.9 Å². The van der Waals surface area contributed by atoms with Crippen LogP contribution in [-0.4, -0.2) is 13.6 Å². The number of para-hydroxylation sites is 1. The maximum Gasteiger partial charge on any atom is 0.146 e. The van der Waals surface area contributed by atoms with Gasteiger partial charge in [-0.2, -0.15) is 0 Å². The lowest BCUT2D eigenvalue weighted by Gasteiger charge is -2.28. The van der Waals surface area contributed by atoms with Crippen molar-refractivity contribution in [2.45, 2.75) is 19.9 Å². The summed E-state index contributed by atoms with van der Waals surface area (Å²) in [7, 11) is 1.93. The quantitative estimate of drug-likeness (QED) is 0.813. The molecule has 112 valence electrons. The van der Waals surface area contributed by atoms with E-state index in [1.54, 1.807) is 6.07 Å². The normalized spacial score (nSPS) is 12.2. The molecule has 21 heavy (non-hydrogen) atoms. The van der Waals surface area contributed by atoms with E-state index in [1.165, 1.54) is 6.07 Å². The largest absolute Gasteiger partial charge is 0.339 e. The molecule has 1 atom stereocenters. The van der Waals surface area contributed by atoms with E-state index in [4.69, 9.17) is 0 Å². The monoisotopic (exact) mass is 350 g/mol. The van der Waals surface area contributed by atoms with Gasteiger partial charge in [0.15, 0.2) is 0 Å². The molecule has 2 aromatic carbocycles. The highest BCUT2D eigenvalue weighted by molar-refractivity contribution is 9.10.